The topological polar surface area (TPSA) is 47.9 Å². The van der Waals surface area contributed by atoms with Crippen molar-refractivity contribution in [2.45, 2.75) is 38.5 Å². The van der Waals surface area contributed by atoms with E-state index < -0.39 is 0 Å². The summed E-state index contributed by atoms with van der Waals surface area (Å²) in [6.07, 6.45) is 3.84. The van der Waals surface area contributed by atoms with Crippen LogP contribution in [0.2, 0.25) is 0 Å². The predicted octanol–water partition coefficient (Wildman–Crippen LogP) is 3.27. The summed E-state index contributed by atoms with van der Waals surface area (Å²) in [5.74, 6) is 1.07. The van der Waals surface area contributed by atoms with E-state index in [1.165, 1.54) is 12.5 Å². The molecule has 0 aromatic heterocycles. The Bertz CT molecular complexity index is 472. The Morgan fingerprint density at radius 3 is 2.68 bits per heavy atom. The highest BCUT2D eigenvalue weighted by atomic mass is 16.7. The number of ether oxygens (including phenoxy) is 1. The lowest BCUT2D eigenvalue weighted by Gasteiger charge is -2.23. The van der Waals surface area contributed by atoms with Crippen LogP contribution in [0.3, 0.4) is 0 Å². The fraction of sp³-hybridized carbons (Fsp3) is 0.467. The van der Waals surface area contributed by atoms with Gasteiger partial charge in [0.2, 0.25) is 0 Å². The third kappa shape index (κ3) is 3.81. The van der Waals surface area contributed by atoms with E-state index in [2.05, 4.69) is 22.1 Å². The molecule has 1 aromatic carbocycles. The first-order chi connectivity index (χ1) is 9.19. The van der Waals surface area contributed by atoms with Crippen LogP contribution in [0.1, 0.15) is 44.1 Å². The van der Waals surface area contributed by atoms with Crippen molar-refractivity contribution in [1.82, 2.24) is 0 Å². The zero-order valence-electron chi connectivity index (χ0n) is 11.4. The molecule has 1 aromatic rings. The third-order valence-electron chi connectivity index (χ3n) is 3.43. The molecule has 0 amide bonds. The average Bonchev–Trinajstić information content (AvgIpc) is 2.45. The minimum Gasteiger partial charge on any atom is -0.497 e. The van der Waals surface area contributed by atoms with E-state index in [0.717, 1.165) is 37.1 Å². The number of oxime groups is 1. The maximum atomic E-state index is 10.7. The summed E-state index contributed by atoms with van der Waals surface area (Å²) in [6.45, 7) is 1.37. The molecule has 19 heavy (non-hydrogen) atoms. The molecular formula is C15H19NO3. The van der Waals surface area contributed by atoms with Crippen molar-refractivity contribution in [3.8, 4) is 5.75 Å². The molecule has 1 aliphatic carbocycles. The summed E-state index contributed by atoms with van der Waals surface area (Å²) in [4.78, 5) is 15.4. The maximum Gasteiger partial charge on any atom is 0.331 e. The van der Waals surface area contributed by atoms with Crippen molar-refractivity contribution in [2.75, 3.05) is 7.11 Å². The molecule has 0 N–H and O–H groups in total. The van der Waals surface area contributed by atoms with E-state index >= 15 is 0 Å². The van der Waals surface area contributed by atoms with E-state index in [0.29, 0.717) is 5.92 Å². The quantitative estimate of drug-likeness (QED) is 0.619. The number of carbonyl (C=O) groups excluding carboxylic acids is 1. The highest BCUT2D eigenvalue weighted by Crippen LogP contribution is 2.33. The number of nitrogens with zero attached hydrogens (tertiary/aromatic N) is 1. The summed E-state index contributed by atoms with van der Waals surface area (Å²) in [6, 6.07) is 8.22. The van der Waals surface area contributed by atoms with Gasteiger partial charge < -0.3 is 9.57 Å². The molecule has 0 bridgehead atoms. The average molecular weight is 261 g/mol. The first-order valence-corrected chi connectivity index (χ1v) is 6.56. The monoisotopic (exact) mass is 261 g/mol. The summed E-state index contributed by atoms with van der Waals surface area (Å²) < 4.78 is 5.25. The molecule has 4 heteroatoms. The zero-order chi connectivity index (χ0) is 13.7. The first-order valence-electron chi connectivity index (χ1n) is 6.56. The second-order valence-electron chi connectivity index (χ2n) is 4.79. The Kier molecular flexibility index (Phi) is 4.55. The standard InChI is InChI=1S/C15H19NO3/c1-11(17)19-16-14-8-6-12(7-9-14)13-4-3-5-15(10-13)18-2/h3-5,10,12H,6-9H2,1-2H3. The molecule has 0 atom stereocenters. The Morgan fingerprint density at radius 2 is 2.05 bits per heavy atom. The van der Waals surface area contributed by atoms with E-state index in [9.17, 15) is 4.79 Å². The molecule has 0 saturated heterocycles. The molecule has 1 aliphatic rings. The second-order valence-corrected chi connectivity index (χ2v) is 4.79. The van der Waals surface area contributed by atoms with E-state index in [-0.39, 0.29) is 5.97 Å². The van der Waals surface area contributed by atoms with Gasteiger partial charge in [0.05, 0.1) is 12.8 Å². The molecular weight excluding hydrogens is 242 g/mol. The summed E-state index contributed by atoms with van der Waals surface area (Å²) in [5.41, 5.74) is 2.29. The van der Waals surface area contributed by atoms with E-state index in [1.54, 1.807) is 7.11 Å². The fourth-order valence-corrected chi connectivity index (χ4v) is 2.40. The Hall–Kier alpha value is -1.84. The Morgan fingerprint density at radius 1 is 1.32 bits per heavy atom. The van der Waals surface area contributed by atoms with Gasteiger partial charge in [-0.2, -0.15) is 0 Å². The number of carbonyl (C=O) groups is 1. The number of rotatable bonds is 3. The van der Waals surface area contributed by atoms with Gasteiger partial charge in [0.15, 0.2) is 0 Å². The number of benzene rings is 1. The molecule has 0 aliphatic heterocycles. The van der Waals surface area contributed by atoms with Crippen molar-refractivity contribution >= 4 is 11.7 Å². The minimum absolute atomic E-state index is 0.359. The van der Waals surface area contributed by atoms with Crippen LogP contribution in [0.5, 0.6) is 5.75 Å². The second kappa shape index (κ2) is 6.36. The molecule has 0 radical (unpaired) electrons. The van der Waals surface area contributed by atoms with Crippen molar-refractivity contribution in [2.24, 2.45) is 5.16 Å². The molecule has 0 heterocycles. The lowest BCUT2D eigenvalue weighted by atomic mass is 9.83. The lowest BCUT2D eigenvalue weighted by Crippen LogP contribution is -2.13. The van der Waals surface area contributed by atoms with Crippen molar-refractivity contribution in [3.63, 3.8) is 0 Å². The molecule has 0 unspecified atom stereocenters. The molecule has 4 nitrogen and oxygen atoms in total. The largest absolute Gasteiger partial charge is 0.497 e. The fourth-order valence-electron chi connectivity index (χ4n) is 2.40. The van der Waals surface area contributed by atoms with Gasteiger partial charge in [-0.25, -0.2) is 4.79 Å². The minimum atomic E-state index is -0.359. The van der Waals surface area contributed by atoms with Gasteiger partial charge in [0.1, 0.15) is 5.75 Å². The number of hydrogen-bond acceptors (Lipinski definition) is 4. The highest BCUT2D eigenvalue weighted by Gasteiger charge is 2.20. The van der Waals surface area contributed by atoms with Crippen LogP contribution < -0.4 is 4.74 Å². The molecule has 0 spiro atoms. The van der Waals surface area contributed by atoms with Gasteiger partial charge in [0, 0.05) is 6.92 Å². The highest BCUT2D eigenvalue weighted by molar-refractivity contribution is 5.85. The van der Waals surface area contributed by atoms with Crippen LogP contribution >= 0.6 is 0 Å². The lowest BCUT2D eigenvalue weighted by molar-refractivity contribution is -0.141. The summed E-state index contributed by atoms with van der Waals surface area (Å²) in [7, 11) is 1.68. The smallest absolute Gasteiger partial charge is 0.331 e. The van der Waals surface area contributed by atoms with Gasteiger partial charge in [-0.15, -0.1) is 0 Å². The zero-order valence-corrected chi connectivity index (χ0v) is 11.4. The third-order valence-corrected chi connectivity index (χ3v) is 3.43. The van der Waals surface area contributed by atoms with Crippen molar-refractivity contribution in [1.29, 1.82) is 0 Å². The summed E-state index contributed by atoms with van der Waals surface area (Å²) in [5, 5.41) is 3.89. The van der Waals surface area contributed by atoms with Crippen LogP contribution in [0, 0.1) is 0 Å². The van der Waals surface area contributed by atoms with E-state index in [1.807, 2.05) is 12.1 Å². The number of hydrogen-bond donors (Lipinski definition) is 0. The van der Waals surface area contributed by atoms with Crippen LogP contribution in [-0.2, 0) is 9.63 Å². The summed E-state index contributed by atoms with van der Waals surface area (Å²) >= 11 is 0. The van der Waals surface area contributed by atoms with Gasteiger partial charge >= 0.3 is 5.97 Å². The van der Waals surface area contributed by atoms with Gasteiger partial charge in [-0.3, -0.25) is 0 Å². The van der Waals surface area contributed by atoms with Crippen LogP contribution in [-0.4, -0.2) is 18.8 Å². The molecule has 1 saturated carbocycles. The van der Waals surface area contributed by atoms with Crippen molar-refractivity contribution < 1.29 is 14.4 Å². The molecule has 1 fully saturated rings. The Balaban J connectivity index is 1.95. The maximum absolute atomic E-state index is 10.7. The SMILES string of the molecule is COc1cccc(C2CCC(=NOC(C)=O)CC2)c1. The normalized spacial score (nSPS) is 18.8. The molecule has 102 valence electrons. The van der Waals surface area contributed by atoms with Crippen LogP contribution in [0.15, 0.2) is 29.4 Å². The number of methoxy groups -OCH3 is 1. The van der Waals surface area contributed by atoms with Gasteiger partial charge in [0.25, 0.3) is 0 Å². The Labute approximate surface area is 113 Å². The first kappa shape index (κ1) is 13.6. The van der Waals surface area contributed by atoms with Gasteiger partial charge in [-0.1, -0.05) is 17.3 Å². The predicted molar refractivity (Wildman–Crippen MR) is 73.4 cm³/mol. The van der Waals surface area contributed by atoms with Crippen molar-refractivity contribution in [3.05, 3.63) is 29.8 Å². The molecule has 2 rings (SSSR count). The van der Waals surface area contributed by atoms with Crippen LogP contribution in [0.4, 0.5) is 0 Å². The van der Waals surface area contributed by atoms with E-state index in [4.69, 9.17) is 4.74 Å². The van der Waals surface area contributed by atoms with Crippen LogP contribution in [0.25, 0.3) is 0 Å². The van der Waals surface area contributed by atoms with Gasteiger partial charge in [-0.05, 0) is 49.3 Å².